The number of thiazole rings is 1. The number of methoxy groups -OCH3 is 1. The fraction of sp³-hybridized carbons (Fsp3) is 0.0500. The second-order valence-corrected chi connectivity index (χ2v) is 6.50. The lowest BCUT2D eigenvalue weighted by Crippen LogP contribution is -1.91. The van der Waals surface area contributed by atoms with E-state index in [1.165, 1.54) is 0 Å². The Kier molecular flexibility index (Phi) is 4.57. The van der Waals surface area contributed by atoms with E-state index in [0.717, 1.165) is 38.4 Å². The minimum atomic E-state index is 0.767. The summed E-state index contributed by atoms with van der Waals surface area (Å²) in [6.07, 6.45) is 5.33. The average molecular weight is 360 g/mol. The Morgan fingerprint density at radius 2 is 1.69 bits per heavy atom. The normalized spacial score (nSPS) is 10.5. The molecule has 3 aromatic heterocycles. The van der Waals surface area contributed by atoms with Gasteiger partial charge in [0, 0.05) is 24.2 Å². The van der Waals surface area contributed by atoms with E-state index in [4.69, 9.17) is 9.72 Å². The second-order valence-electron chi connectivity index (χ2n) is 5.50. The Bertz CT molecular complexity index is 986. The maximum Gasteiger partial charge on any atom is 0.189 e. The molecule has 1 aromatic carbocycles. The third kappa shape index (κ3) is 3.41. The zero-order chi connectivity index (χ0) is 17.8. The van der Waals surface area contributed by atoms with Gasteiger partial charge in [-0.1, -0.05) is 17.4 Å². The van der Waals surface area contributed by atoms with Crippen LogP contribution in [0, 0.1) is 0 Å². The van der Waals surface area contributed by atoms with Crippen LogP contribution in [0.3, 0.4) is 0 Å². The highest BCUT2D eigenvalue weighted by Gasteiger charge is 2.15. The molecule has 3 heterocycles. The number of pyridine rings is 2. The molecule has 0 spiro atoms. The quantitative estimate of drug-likeness (QED) is 0.541. The van der Waals surface area contributed by atoms with Crippen LogP contribution in [0.2, 0.25) is 0 Å². The molecular formula is C20H16N4OS. The van der Waals surface area contributed by atoms with Crippen molar-refractivity contribution in [3.63, 3.8) is 0 Å². The molecule has 1 N–H and O–H groups in total. The summed E-state index contributed by atoms with van der Waals surface area (Å²) in [7, 11) is 1.66. The van der Waals surface area contributed by atoms with Crippen molar-refractivity contribution in [3.05, 3.63) is 73.2 Å². The van der Waals surface area contributed by atoms with Crippen LogP contribution in [-0.4, -0.2) is 22.1 Å². The van der Waals surface area contributed by atoms with Gasteiger partial charge in [0.05, 0.1) is 17.7 Å². The summed E-state index contributed by atoms with van der Waals surface area (Å²) < 4.78 is 5.26. The minimum Gasteiger partial charge on any atom is -0.497 e. The van der Waals surface area contributed by atoms with E-state index in [2.05, 4.69) is 15.3 Å². The van der Waals surface area contributed by atoms with Gasteiger partial charge in [-0.05, 0) is 54.1 Å². The van der Waals surface area contributed by atoms with Crippen LogP contribution in [0.1, 0.15) is 0 Å². The average Bonchev–Trinajstić information content (AvgIpc) is 3.13. The Hall–Kier alpha value is -3.25. The number of aromatic nitrogens is 3. The summed E-state index contributed by atoms with van der Waals surface area (Å²) in [5, 5.41) is 4.08. The van der Waals surface area contributed by atoms with Crippen LogP contribution in [0.25, 0.3) is 21.7 Å². The van der Waals surface area contributed by atoms with Crippen molar-refractivity contribution < 1.29 is 4.74 Å². The van der Waals surface area contributed by atoms with Crippen molar-refractivity contribution in [2.24, 2.45) is 0 Å². The van der Waals surface area contributed by atoms with Gasteiger partial charge >= 0.3 is 0 Å². The molecule has 0 atom stereocenters. The number of nitrogens with zero attached hydrogens (tertiary/aromatic N) is 3. The van der Waals surface area contributed by atoms with Crippen LogP contribution in [0.15, 0.2) is 73.2 Å². The van der Waals surface area contributed by atoms with Gasteiger partial charge in [-0.3, -0.25) is 4.98 Å². The molecule has 0 aliphatic carbocycles. The number of hydrogen-bond acceptors (Lipinski definition) is 6. The minimum absolute atomic E-state index is 0.767. The van der Waals surface area contributed by atoms with Gasteiger partial charge in [-0.15, -0.1) is 0 Å². The summed E-state index contributed by atoms with van der Waals surface area (Å²) in [6, 6.07) is 17.6. The molecule has 6 heteroatoms. The number of ether oxygens (including phenoxy) is 1. The molecule has 0 aliphatic rings. The molecular weight excluding hydrogens is 344 g/mol. The highest BCUT2D eigenvalue weighted by Crippen LogP contribution is 2.39. The van der Waals surface area contributed by atoms with Gasteiger partial charge in [0.2, 0.25) is 0 Å². The Labute approximate surface area is 155 Å². The van der Waals surface area contributed by atoms with Gasteiger partial charge in [-0.25, -0.2) is 9.97 Å². The molecule has 0 saturated heterocycles. The molecule has 4 rings (SSSR count). The monoisotopic (exact) mass is 360 g/mol. The Balaban J connectivity index is 1.77. The van der Waals surface area contributed by atoms with Gasteiger partial charge in [0.15, 0.2) is 5.13 Å². The molecule has 0 saturated carbocycles. The summed E-state index contributed by atoms with van der Waals surface area (Å²) in [4.78, 5) is 14.3. The first-order chi connectivity index (χ1) is 12.8. The fourth-order valence-electron chi connectivity index (χ4n) is 2.56. The van der Waals surface area contributed by atoms with E-state index < -0.39 is 0 Å². The summed E-state index contributed by atoms with van der Waals surface area (Å²) >= 11 is 1.59. The second kappa shape index (κ2) is 7.33. The number of rotatable bonds is 5. The summed E-state index contributed by atoms with van der Waals surface area (Å²) in [5.41, 5.74) is 3.03. The van der Waals surface area contributed by atoms with E-state index in [1.54, 1.807) is 37.0 Å². The maximum absolute atomic E-state index is 5.26. The number of hydrogen-bond donors (Lipinski definition) is 1. The first-order valence-corrected chi connectivity index (χ1v) is 8.89. The molecule has 0 amide bonds. The molecule has 0 fully saturated rings. The molecule has 0 radical (unpaired) electrons. The first-order valence-electron chi connectivity index (χ1n) is 8.07. The van der Waals surface area contributed by atoms with Crippen molar-refractivity contribution >= 4 is 22.3 Å². The number of benzene rings is 1. The third-order valence-corrected chi connectivity index (χ3v) is 4.85. The fourth-order valence-corrected chi connectivity index (χ4v) is 3.56. The van der Waals surface area contributed by atoms with Gasteiger partial charge in [-0.2, -0.15) is 0 Å². The highest BCUT2D eigenvalue weighted by atomic mass is 32.1. The van der Waals surface area contributed by atoms with Gasteiger partial charge in [0.25, 0.3) is 0 Å². The summed E-state index contributed by atoms with van der Waals surface area (Å²) in [5.74, 6) is 1.59. The topological polar surface area (TPSA) is 59.9 Å². The highest BCUT2D eigenvalue weighted by molar-refractivity contribution is 7.19. The molecule has 4 aromatic rings. The zero-order valence-electron chi connectivity index (χ0n) is 14.1. The van der Waals surface area contributed by atoms with E-state index in [-0.39, 0.29) is 0 Å². The Morgan fingerprint density at radius 1 is 0.885 bits per heavy atom. The molecule has 26 heavy (non-hydrogen) atoms. The largest absolute Gasteiger partial charge is 0.497 e. The molecule has 5 nitrogen and oxygen atoms in total. The smallest absolute Gasteiger partial charge is 0.189 e. The molecule has 0 unspecified atom stereocenters. The first kappa shape index (κ1) is 16.2. The molecule has 0 bridgehead atoms. The van der Waals surface area contributed by atoms with Crippen LogP contribution in [0.4, 0.5) is 10.9 Å². The molecule has 128 valence electrons. The predicted octanol–water partition coefficient (Wildman–Crippen LogP) is 5.02. The van der Waals surface area contributed by atoms with Crippen LogP contribution >= 0.6 is 11.3 Å². The van der Waals surface area contributed by atoms with E-state index in [0.29, 0.717) is 0 Å². The summed E-state index contributed by atoms with van der Waals surface area (Å²) in [6.45, 7) is 0. The van der Waals surface area contributed by atoms with Gasteiger partial charge in [0.1, 0.15) is 11.6 Å². The Morgan fingerprint density at radius 3 is 2.38 bits per heavy atom. The van der Waals surface area contributed by atoms with E-state index in [1.807, 2.05) is 54.6 Å². The number of nitrogens with one attached hydrogen (secondary N) is 1. The standard InChI is InChI=1S/C20H16N4OS/c1-25-16-7-5-14(6-8-16)18-19(15-9-12-21-13-10-15)26-20(24-18)23-17-4-2-3-11-22-17/h2-13H,1H3,(H,22,23,24). The lowest BCUT2D eigenvalue weighted by atomic mass is 10.1. The van der Waals surface area contributed by atoms with Crippen molar-refractivity contribution in [3.8, 4) is 27.4 Å². The predicted molar refractivity (Wildman–Crippen MR) is 105 cm³/mol. The zero-order valence-corrected chi connectivity index (χ0v) is 14.9. The van der Waals surface area contributed by atoms with Crippen LogP contribution in [0.5, 0.6) is 5.75 Å². The van der Waals surface area contributed by atoms with E-state index in [9.17, 15) is 0 Å². The van der Waals surface area contributed by atoms with Gasteiger partial charge < -0.3 is 10.1 Å². The van der Waals surface area contributed by atoms with Crippen LogP contribution in [-0.2, 0) is 0 Å². The lowest BCUT2D eigenvalue weighted by molar-refractivity contribution is 0.415. The maximum atomic E-state index is 5.26. The number of anilines is 2. The molecule has 0 aliphatic heterocycles. The van der Waals surface area contributed by atoms with Crippen molar-refractivity contribution in [2.75, 3.05) is 12.4 Å². The van der Waals surface area contributed by atoms with Crippen molar-refractivity contribution in [1.29, 1.82) is 0 Å². The SMILES string of the molecule is COc1ccc(-c2nc(Nc3ccccn3)sc2-c2ccncc2)cc1. The van der Waals surface area contributed by atoms with Crippen molar-refractivity contribution in [1.82, 2.24) is 15.0 Å². The van der Waals surface area contributed by atoms with Crippen molar-refractivity contribution in [2.45, 2.75) is 0 Å². The third-order valence-electron chi connectivity index (χ3n) is 3.83. The van der Waals surface area contributed by atoms with E-state index >= 15 is 0 Å². The van der Waals surface area contributed by atoms with Crippen LogP contribution < -0.4 is 10.1 Å². The lowest BCUT2D eigenvalue weighted by Gasteiger charge is -2.04.